The maximum atomic E-state index is 9.10. The molecule has 5 heteroatoms. The zero-order valence-electron chi connectivity index (χ0n) is 10.8. The Morgan fingerprint density at radius 1 is 1.00 bits per heavy atom. The van der Waals surface area contributed by atoms with Crippen molar-refractivity contribution in [3.05, 3.63) is 47.5 Å². The fourth-order valence-electron chi connectivity index (χ4n) is 1.43. The lowest BCUT2D eigenvalue weighted by Crippen LogP contribution is -1.97. The summed E-state index contributed by atoms with van der Waals surface area (Å²) in [6, 6.07) is 9.73. The van der Waals surface area contributed by atoms with Crippen LogP contribution in [0.5, 0.6) is 11.5 Å². The molecule has 0 amide bonds. The van der Waals surface area contributed by atoms with Gasteiger partial charge in [0, 0.05) is 23.5 Å². The first-order chi connectivity index (χ1) is 8.93. The quantitative estimate of drug-likeness (QED) is 0.395. The van der Waals surface area contributed by atoms with Crippen LogP contribution in [-0.2, 0) is 6.54 Å². The molecule has 0 saturated carbocycles. The van der Waals surface area contributed by atoms with E-state index in [0.29, 0.717) is 23.5 Å². The number of benzene rings is 2. The summed E-state index contributed by atoms with van der Waals surface area (Å²) in [5.74, 6) is 0.471. The van der Waals surface area contributed by atoms with Crippen LogP contribution in [0, 0.1) is 6.92 Å². The number of rotatable bonds is 1. The summed E-state index contributed by atoms with van der Waals surface area (Å²) >= 11 is 0. The van der Waals surface area contributed by atoms with Crippen molar-refractivity contribution in [2.45, 2.75) is 13.5 Å². The SMILES string of the molecule is Cc1cc(O)ccc1N.NCc1cc(N)ccc1O. The monoisotopic (exact) mass is 261 g/mol. The van der Waals surface area contributed by atoms with Crippen molar-refractivity contribution in [3.8, 4) is 11.5 Å². The molecule has 2 aromatic rings. The fourth-order valence-corrected chi connectivity index (χ4v) is 1.43. The highest BCUT2D eigenvalue weighted by Crippen LogP contribution is 2.18. The minimum absolute atomic E-state index is 0.205. The molecule has 0 fully saturated rings. The summed E-state index contributed by atoms with van der Waals surface area (Å²) in [6.07, 6.45) is 0. The van der Waals surface area contributed by atoms with E-state index in [4.69, 9.17) is 27.4 Å². The molecule has 0 unspecified atom stereocenters. The van der Waals surface area contributed by atoms with Crippen molar-refractivity contribution in [1.29, 1.82) is 0 Å². The highest BCUT2D eigenvalue weighted by Gasteiger charge is 1.96. The highest BCUT2D eigenvalue weighted by molar-refractivity contribution is 5.49. The van der Waals surface area contributed by atoms with Crippen molar-refractivity contribution in [3.63, 3.8) is 0 Å². The largest absolute Gasteiger partial charge is 0.508 e. The molecule has 0 radical (unpaired) electrons. The molecule has 0 aliphatic carbocycles. The molecule has 0 aromatic heterocycles. The standard InChI is InChI=1S/C7H10N2O.C7H9NO/c8-4-5-3-6(9)1-2-7(5)10;1-5-4-6(9)2-3-7(5)8/h1-3,10H,4,8-9H2;2-4,9H,8H2,1H3. The molecule has 0 heterocycles. The van der Waals surface area contributed by atoms with Gasteiger partial charge in [0.2, 0.25) is 0 Å². The van der Waals surface area contributed by atoms with Crippen LogP contribution in [0.2, 0.25) is 0 Å². The van der Waals surface area contributed by atoms with Gasteiger partial charge in [0.25, 0.3) is 0 Å². The number of anilines is 2. The first kappa shape index (κ1) is 14.7. The average Bonchev–Trinajstić information content (AvgIpc) is 2.38. The lowest BCUT2D eigenvalue weighted by molar-refractivity contribution is 0.468. The van der Waals surface area contributed by atoms with Crippen molar-refractivity contribution in [2.75, 3.05) is 11.5 Å². The molecular weight excluding hydrogens is 242 g/mol. The Kier molecular flexibility index (Phi) is 5.02. The lowest BCUT2D eigenvalue weighted by Gasteiger charge is -2.00. The molecular formula is C14H19N3O2. The van der Waals surface area contributed by atoms with E-state index in [-0.39, 0.29) is 11.5 Å². The van der Waals surface area contributed by atoms with E-state index in [2.05, 4.69) is 0 Å². The Bertz CT molecular complexity index is 556. The predicted molar refractivity (Wildman–Crippen MR) is 77.7 cm³/mol. The zero-order valence-corrected chi connectivity index (χ0v) is 10.8. The molecule has 2 rings (SSSR count). The van der Waals surface area contributed by atoms with E-state index in [9.17, 15) is 0 Å². The highest BCUT2D eigenvalue weighted by atomic mass is 16.3. The normalized spacial score (nSPS) is 9.58. The Balaban J connectivity index is 0.000000191. The van der Waals surface area contributed by atoms with Gasteiger partial charge in [0.1, 0.15) is 11.5 Å². The van der Waals surface area contributed by atoms with Crippen LogP contribution in [0.3, 0.4) is 0 Å². The molecule has 0 spiro atoms. The van der Waals surface area contributed by atoms with Crippen molar-refractivity contribution in [2.24, 2.45) is 5.73 Å². The number of phenols is 2. The number of hydrogen-bond donors (Lipinski definition) is 5. The second-order valence-electron chi connectivity index (χ2n) is 4.13. The zero-order chi connectivity index (χ0) is 14.4. The van der Waals surface area contributed by atoms with Gasteiger partial charge in [0.05, 0.1) is 0 Å². The van der Waals surface area contributed by atoms with Crippen LogP contribution >= 0.6 is 0 Å². The Morgan fingerprint density at radius 2 is 1.68 bits per heavy atom. The Morgan fingerprint density at radius 3 is 2.16 bits per heavy atom. The Labute approximate surface area is 112 Å². The molecule has 0 bridgehead atoms. The molecule has 2 aromatic carbocycles. The van der Waals surface area contributed by atoms with Gasteiger partial charge < -0.3 is 27.4 Å². The van der Waals surface area contributed by atoms with Crippen LogP contribution in [0.25, 0.3) is 0 Å². The summed E-state index contributed by atoms with van der Waals surface area (Å²) in [6.45, 7) is 2.17. The van der Waals surface area contributed by atoms with Gasteiger partial charge >= 0.3 is 0 Å². The second kappa shape index (κ2) is 6.51. The van der Waals surface area contributed by atoms with Gasteiger partial charge in [-0.2, -0.15) is 0 Å². The summed E-state index contributed by atoms with van der Waals surface area (Å²) in [7, 11) is 0. The van der Waals surface area contributed by atoms with Crippen LogP contribution < -0.4 is 17.2 Å². The Hall–Kier alpha value is -2.40. The minimum atomic E-state index is 0.205. The van der Waals surface area contributed by atoms with Crippen LogP contribution in [-0.4, -0.2) is 10.2 Å². The molecule has 0 atom stereocenters. The molecule has 0 aliphatic rings. The van der Waals surface area contributed by atoms with Crippen molar-refractivity contribution in [1.82, 2.24) is 0 Å². The third-order valence-corrected chi connectivity index (χ3v) is 2.58. The topological polar surface area (TPSA) is 119 Å². The predicted octanol–water partition coefficient (Wildman–Crippen LogP) is 1.72. The van der Waals surface area contributed by atoms with Gasteiger partial charge in [-0.15, -0.1) is 0 Å². The smallest absolute Gasteiger partial charge is 0.120 e. The molecule has 102 valence electrons. The molecule has 19 heavy (non-hydrogen) atoms. The summed E-state index contributed by atoms with van der Waals surface area (Å²) in [4.78, 5) is 0. The van der Waals surface area contributed by atoms with E-state index in [1.165, 1.54) is 6.07 Å². The van der Waals surface area contributed by atoms with Gasteiger partial charge in [0.15, 0.2) is 0 Å². The van der Waals surface area contributed by atoms with Crippen molar-refractivity contribution >= 4 is 11.4 Å². The van der Waals surface area contributed by atoms with E-state index < -0.39 is 0 Å². The van der Waals surface area contributed by atoms with E-state index in [1.807, 2.05) is 6.92 Å². The summed E-state index contributed by atoms with van der Waals surface area (Å²) < 4.78 is 0. The molecule has 0 saturated heterocycles. The fraction of sp³-hybridized carbons (Fsp3) is 0.143. The summed E-state index contributed by atoms with van der Waals surface area (Å²) in [5, 5.41) is 18.0. The van der Waals surface area contributed by atoms with Gasteiger partial charge in [-0.3, -0.25) is 0 Å². The third kappa shape index (κ3) is 4.40. The van der Waals surface area contributed by atoms with E-state index >= 15 is 0 Å². The number of aryl methyl sites for hydroxylation is 1. The first-order valence-corrected chi connectivity index (χ1v) is 5.76. The van der Waals surface area contributed by atoms with Crippen LogP contribution in [0.15, 0.2) is 36.4 Å². The number of hydrogen-bond acceptors (Lipinski definition) is 5. The first-order valence-electron chi connectivity index (χ1n) is 5.76. The van der Waals surface area contributed by atoms with Gasteiger partial charge in [-0.05, 0) is 48.9 Å². The van der Waals surface area contributed by atoms with Crippen molar-refractivity contribution < 1.29 is 10.2 Å². The lowest BCUT2D eigenvalue weighted by atomic mass is 10.2. The average molecular weight is 261 g/mol. The second-order valence-corrected chi connectivity index (χ2v) is 4.13. The van der Waals surface area contributed by atoms with Crippen LogP contribution in [0.1, 0.15) is 11.1 Å². The number of nitrogen functional groups attached to an aromatic ring is 2. The number of phenolic OH excluding ortho intramolecular Hbond substituents is 2. The maximum absolute atomic E-state index is 9.10. The summed E-state index contributed by atoms with van der Waals surface area (Å²) in [5.41, 5.74) is 19.1. The molecule has 0 aliphatic heterocycles. The minimum Gasteiger partial charge on any atom is -0.508 e. The van der Waals surface area contributed by atoms with Gasteiger partial charge in [-0.1, -0.05) is 0 Å². The molecule has 8 N–H and O–H groups in total. The van der Waals surface area contributed by atoms with E-state index in [0.717, 1.165) is 5.56 Å². The maximum Gasteiger partial charge on any atom is 0.120 e. The molecule has 5 nitrogen and oxygen atoms in total. The van der Waals surface area contributed by atoms with Crippen LogP contribution in [0.4, 0.5) is 11.4 Å². The van der Waals surface area contributed by atoms with Gasteiger partial charge in [-0.25, -0.2) is 0 Å². The number of aromatic hydroxyl groups is 2. The third-order valence-electron chi connectivity index (χ3n) is 2.58. The number of nitrogens with two attached hydrogens (primary N) is 3. The van der Waals surface area contributed by atoms with E-state index in [1.54, 1.807) is 30.3 Å².